The molecule has 0 bridgehead atoms. The highest BCUT2D eigenvalue weighted by Crippen LogP contribution is 2.43. The Hall–Kier alpha value is -0.540. The number of carbonyl (C=O) groups is 1. The first kappa shape index (κ1) is 60.5. The molecule has 0 aliphatic rings. The first-order chi connectivity index (χ1) is 29.8. The third-order valence-corrected chi connectivity index (χ3v) is 13.0. The van der Waals surface area contributed by atoms with E-state index in [2.05, 4.69) is 13.8 Å². The van der Waals surface area contributed by atoms with Crippen molar-refractivity contribution in [2.24, 2.45) is 0 Å². The molecule has 3 unspecified atom stereocenters. The highest BCUT2D eigenvalue weighted by atomic mass is 31.2. The van der Waals surface area contributed by atoms with Crippen LogP contribution in [0.1, 0.15) is 277 Å². The number of carbonyl (C=O) groups excluding carboxylic acids is 1. The van der Waals surface area contributed by atoms with Gasteiger partial charge in [-0.1, -0.05) is 258 Å². The van der Waals surface area contributed by atoms with Crippen molar-refractivity contribution >= 4 is 13.8 Å². The molecule has 9 nitrogen and oxygen atoms in total. The summed E-state index contributed by atoms with van der Waals surface area (Å²) in [6.45, 7) is 3.61. The van der Waals surface area contributed by atoms with Crippen molar-refractivity contribution in [3.05, 3.63) is 0 Å². The molecule has 61 heavy (non-hydrogen) atoms. The topological polar surface area (TPSA) is 132 Å². The van der Waals surface area contributed by atoms with Crippen molar-refractivity contribution in [3.8, 4) is 0 Å². The number of phosphoric acid groups is 1. The van der Waals surface area contributed by atoms with Crippen LogP contribution in [-0.4, -0.2) is 66.3 Å². The van der Waals surface area contributed by atoms with Crippen LogP contribution in [0.2, 0.25) is 0 Å². The first-order valence-electron chi connectivity index (χ1n) is 26.5. The van der Waals surface area contributed by atoms with E-state index in [1.807, 2.05) is 0 Å². The van der Waals surface area contributed by atoms with Crippen LogP contribution in [0.15, 0.2) is 0 Å². The lowest BCUT2D eigenvalue weighted by atomic mass is 10.0. The van der Waals surface area contributed by atoms with Gasteiger partial charge in [-0.25, -0.2) is 4.57 Å². The molecule has 0 spiro atoms. The number of unbranched alkanes of at least 4 members (excludes halogenated alkanes) is 38. The van der Waals surface area contributed by atoms with E-state index >= 15 is 0 Å². The van der Waals surface area contributed by atoms with Crippen LogP contribution < -0.4 is 0 Å². The molecule has 0 aromatic rings. The van der Waals surface area contributed by atoms with Gasteiger partial charge in [-0.2, -0.15) is 0 Å². The summed E-state index contributed by atoms with van der Waals surface area (Å²) in [7, 11) is -4.52. The molecule has 0 aromatic carbocycles. The van der Waals surface area contributed by atoms with Gasteiger partial charge in [0.25, 0.3) is 0 Å². The van der Waals surface area contributed by atoms with Crippen molar-refractivity contribution in [1.82, 2.24) is 0 Å². The second-order valence-corrected chi connectivity index (χ2v) is 19.7. The second kappa shape index (κ2) is 48.9. The van der Waals surface area contributed by atoms with Gasteiger partial charge in [0.2, 0.25) is 0 Å². The van der Waals surface area contributed by atoms with Gasteiger partial charge in [0.15, 0.2) is 0 Å². The van der Waals surface area contributed by atoms with Gasteiger partial charge in [0, 0.05) is 13.0 Å². The van der Waals surface area contributed by atoms with Gasteiger partial charge in [-0.15, -0.1) is 0 Å². The first-order valence-corrected chi connectivity index (χ1v) is 28.0. The molecule has 0 heterocycles. The maximum absolute atomic E-state index is 12.7. The molecule has 0 radical (unpaired) electrons. The molecule has 0 fully saturated rings. The van der Waals surface area contributed by atoms with Gasteiger partial charge in [-0.3, -0.25) is 13.8 Å². The fraction of sp³-hybridized carbons (Fsp3) is 0.980. The van der Waals surface area contributed by atoms with Crippen molar-refractivity contribution in [2.75, 3.05) is 33.0 Å². The summed E-state index contributed by atoms with van der Waals surface area (Å²) in [6.07, 6.45) is 50.7. The van der Waals surface area contributed by atoms with Gasteiger partial charge in [0.05, 0.1) is 26.4 Å². The van der Waals surface area contributed by atoms with E-state index in [0.29, 0.717) is 6.61 Å². The molecule has 0 aliphatic carbocycles. The van der Waals surface area contributed by atoms with Crippen LogP contribution in [0.25, 0.3) is 0 Å². The monoisotopic (exact) mass is 891 g/mol. The Kier molecular flexibility index (Phi) is 48.5. The normalized spacial score (nSPS) is 13.7. The van der Waals surface area contributed by atoms with Gasteiger partial charge in [0.1, 0.15) is 12.2 Å². The van der Waals surface area contributed by atoms with E-state index in [1.54, 1.807) is 0 Å². The zero-order chi connectivity index (χ0) is 44.6. The smallest absolute Gasteiger partial charge is 0.457 e. The van der Waals surface area contributed by atoms with Crippen LogP contribution in [0.4, 0.5) is 0 Å². The average Bonchev–Trinajstić information content (AvgIpc) is 3.25. The highest BCUT2D eigenvalue weighted by Gasteiger charge is 2.26. The number of hydrogen-bond acceptors (Lipinski definition) is 8. The van der Waals surface area contributed by atoms with Gasteiger partial charge in [-0.05, 0) is 12.8 Å². The van der Waals surface area contributed by atoms with Gasteiger partial charge >= 0.3 is 13.8 Å². The number of esters is 1. The summed E-state index contributed by atoms with van der Waals surface area (Å²) in [5.41, 5.74) is 0. The SMILES string of the molecule is CCCCCCCCCCCCCCCCCCCCCCCCOCC(COP(=O)(O)OCC(O)CO)OC(=O)CCCCCCCCCCCCCCCCCCCC. The van der Waals surface area contributed by atoms with Crippen molar-refractivity contribution < 1.29 is 43.0 Å². The number of ether oxygens (including phenoxy) is 2. The molecule has 366 valence electrons. The highest BCUT2D eigenvalue weighted by molar-refractivity contribution is 7.47. The minimum absolute atomic E-state index is 0.0589. The molecule has 0 rings (SSSR count). The molecule has 0 aliphatic heterocycles. The van der Waals surface area contributed by atoms with Crippen molar-refractivity contribution in [1.29, 1.82) is 0 Å². The Bertz CT molecular complexity index is 922. The Morgan fingerprint density at radius 2 is 0.738 bits per heavy atom. The van der Waals surface area contributed by atoms with Crippen LogP contribution in [-0.2, 0) is 27.9 Å². The summed E-state index contributed by atoms with van der Waals surface area (Å²) in [6, 6.07) is 0. The molecular formula is C51H103O9P. The predicted molar refractivity (Wildman–Crippen MR) is 256 cm³/mol. The number of phosphoric ester groups is 1. The molecule has 0 aromatic heterocycles. The molecule has 3 N–H and O–H groups in total. The Morgan fingerprint density at radius 3 is 1.07 bits per heavy atom. The van der Waals surface area contributed by atoms with Crippen molar-refractivity contribution in [2.45, 2.75) is 289 Å². The number of aliphatic hydroxyl groups excluding tert-OH is 2. The van der Waals surface area contributed by atoms with Crippen LogP contribution in [0.5, 0.6) is 0 Å². The molecular weight excluding hydrogens is 788 g/mol. The molecule has 10 heteroatoms. The summed E-state index contributed by atoms with van der Waals surface area (Å²) in [5.74, 6) is -0.373. The lowest BCUT2D eigenvalue weighted by Crippen LogP contribution is -2.29. The largest absolute Gasteiger partial charge is 0.472 e. The fourth-order valence-corrected chi connectivity index (χ4v) is 8.80. The summed E-state index contributed by atoms with van der Waals surface area (Å²) in [4.78, 5) is 22.7. The zero-order valence-corrected chi connectivity index (χ0v) is 41.3. The summed E-state index contributed by atoms with van der Waals surface area (Å²) >= 11 is 0. The quantitative estimate of drug-likeness (QED) is 0.0310. The van der Waals surface area contributed by atoms with Gasteiger partial charge < -0.3 is 24.6 Å². The van der Waals surface area contributed by atoms with Crippen LogP contribution in [0.3, 0.4) is 0 Å². The molecule has 0 saturated heterocycles. The second-order valence-electron chi connectivity index (χ2n) is 18.3. The average molecular weight is 891 g/mol. The van der Waals surface area contributed by atoms with E-state index in [-0.39, 0.29) is 25.6 Å². The molecule has 3 atom stereocenters. The van der Waals surface area contributed by atoms with Crippen molar-refractivity contribution in [3.63, 3.8) is 0 Å². The Balaban J connectivity index is 3.98. The van der Waals surface area contributed by atoms with E-state index < -0.39 is 33.2 Å². The third kappa shape index (κ3) is 48.7. The molecule has 0 saturated carbocycles. The minimum Gasteiger partial charge on any atom is -0.457 e. The number of hydrogen-bond donors (Lipinski definition) is 3. The number of aliphatic hydroxyl groups is 2. The predicted octanol–water partition coefficient (Wildman–Crippen LogP) is 15.4. The van der Waals surface area contributed by atoms with Crippen LogP contribution in [0, 0.1) is 0 Å². The van der Waals surface area contributed by atoms with E-state index in [4.69, 9.17) is 23.6 Å². The summed E-state index contributed by atoms with van der Waals surface area (Å²) < 4.78 is 33.6. The minimum atomic E-state index is -4.52. The van der Waals surface area contributed by atoms with E-state index in [1.165, 1.54) is 225 Å². The van der Waals surface area contributed by atoms with E-state index in [0.717, 1.165) is 32.1 Å². The lowest BCUT2D eigenvalue weighted by molar-refractivity contribution is -0.154. The van der Waals surface area contributed by atoms with Crippen LogP contribution >= 0.6 is 7.82 Å². The standard InChI is InChI=1S/C51H103O9P/c1-3-5-7-9-11-13-15-17-19-21-23-24-25-26-28-30-32-34-36-38-40-42-44-57-47-50(48-59-61(55,56)58-46-49(53)45-52)60-51(54)43-41-39-37-35-33-31-29-27-22-20-18-16-14-12-10-8-6-4-2/h49-50,52-53H,3-48H2,1-2H3,(H,55,56). The number of rotatable bonds is 52. The Morgan fingerprint density at radius 1 is 0.443 bits per heavy atom. The summed E-state index contributed by atoms with van der Waals surface area (Å²) in [5, 5.41) is 18.4. The Labute approximate surface area is 378 Å². The third-order valence-electron chi connectivity index (χ3n) is 12.0. The fourth-order valence-electron chi connectivity index (χ4n) is 8.01. The maximum atomic E-state index is 12.7. The zero-order valence-electron chi connectivity index (χ0n) is 40.4. The maximum Gasteiger partial charge on any atom is 0.472 e. The van der Waals surface area contributed by atoms with E-state index in [9.17, 15) is 19.4 Å². The molecule has 0 amide bonds. The lowest BCUT2D eigenvalue weighted by Gasteiger charge is -2.20.